The fraction of sp³-hybridized carbons (Fsp3) is 0.613. The van der Waals surface area contributed by atoms with Crippen LogP contribution in [0.2, 0.25) is 0 Å². The normalized spacial score (nSPS) is 10.8. The van der Waals surface area contributed by atoms with Gasteiger partial charge in [0.05, 0.1) is 18.2 Å². The summed E-state index contributed by atoms with van der Waals surface area (Å²) in [5, 5.41) is 8.89. The smallest absolute Gasteiger partial charge is 0.173 e. The van der Waals surface area contributed by atoms with Crippen LogP contribution in [0.3, 0.4) is 0 Å². The Morgan fingerprint density at radius 2 is 1.12 bits per heavy atom. The number of pyridine rings is 1. The van der Waals surface area contributed by atoms with E-state index in [4.69, 9.17) is 10.00 Å². The van der Waals surface area contributed by atoms with Gasteiger partial charge in [0.15, 0.2) is 18.9 Å². The number of unbranched alkanes of at least 4 members (excludes halogenated alkanes) is 15. The van der Waals surface area contributed by atoms with E-state index in [1.54, 1.807) is 0 Å². The van der Waals surface area contributed by atoms with E-state index in [0.29, 0.717) is 5.56 Å². The van der Waals surface area contributed by atoms with Crippen LogP contribution in [0.1, 0.15) is 121 Å². The van der Waals surface area contributed by atoms with Crippen molar-refractivity contribution in [2.24, 2.45) is 0 Å². The molecule has 0 unspecified atom stereocenters. The van der Waals surface area contributed by atoms with Crippen molar-refractivity contribution in [1.29, 1.82) is 5.26 Å². The Hall–Kier alpha value is -2.34. The lowest BCUT2D eigenvalue weighted by Crippen LogP contribution is -2.33. The largest absolute Gasteiger partial charge is 0.494 e. The van der Waals surface area contributed by atoms with Gasteiger partial charge in [0.2, 0.25) is 0 Å². The predicted octanol–water partition coefficient (Wildman–Crippen LogP) is 8.53. The van der Waals surface area contributed by atoms with Gasteiger partial charge in [-0.15, -0.1) is 0 Å². The second kappa shape index (κ2) is 19.0. The summed E-state index contributed by atoms with van der Waals surface area (Å²) in [6.45, 7) is 3.89. The topological polar surface area (TPSA) is 36.9 Å². The molecule has 0 atom stereocenters. The van der Waals surface area contributed by atoms with Gasteiger partial charge in [-0.3, -0.25) is 0 Å². The number of aromatic nitrogens is 1. The maximum absolute atomic E-state index is 8.89. The zero-order valence-electron chi connectivity index (χ0n) is 21.6. The van der Waals surface area contributed by atoms with Crippen LogP contribution in [0.5, 0.6) is 5.75 Å². The van der Waals surface area contributed by atoms with Crippen molar-refractivity contribution < 1.29 is 9.30 Å². The minimum Gasteiger partial charge on any atom is -0.494 e. The van der Waals surface area contributed by atoms with Gasteiger partial charge in [0, 0.05) is 17.7 Å². The van der Waals surface area contributed by atoms with E-state index in [0.717, 1.165) is 25.3 Å². The van der Waals surface area contributed by atoms with Crippen LogP contribution in [-0.4, -0.2) is 6.61 Å². The van der Waals surface area contributed by atoms with Gasteiger partial charge in [-0.05, 0) is 30.7 Å². The average Bonchev–Trinajstić information content (AvgIpc) is 2.87. The zero-order valence-corrected chi connectivity index (χ0v) is 21.6. The lowest BCUT2D eigenvalue weighted by atomic mass is 10.0. The monoisotopic (exact) mass is 463 g/mol. The molecule has 0 N–H and O–H groups in total. The second-order valence-corrected chi connectivity index (χ2v) is 9.67. The number of rotatable bonds is 20. The van der Waals surface area contributed by atoms with Crippen LogP contribution in [0.25, 0.3) is 0 Å². The number of benzene rings is 1. The first-order valence-electron chi connectivity index (χ1n) is 13.9. The van der Waals surface area contributed by atoms with Gasteiger partial charge in [-0.1, -0.05) is 103 Å². The Labute approximate surface area is 209 Å². The highest BCUT2D eigenvalue weighted by Gasteiger charge is 2.04. The molecule has 0 aliphatic heterocycles. The molecule has 0 bridgehead atoms. The third-order valence-electron chi connectivity index (χ3n) is 6.58. The Morgan fingerprint density at radius 3 is 1.59 bits per heavy atom. The molecule has 0 aliphatic rings. The van der Waals surface area contributed by atoms with Gasteiger partial charge in [-0.2, -0.15) is 5.26 Å². The van der Waals surface area contributed by atoms with Crippen LogP contribution in [0.15, 0.2) is 48.8 Å². The molecule has 0 amide bonds. The fourth-order valence-electron chi connectivity index (χ4n) is 4.38. The summed E-state index contributed by atoms with van der Waals surface area (Å²) < 4.78 is 7.99. The summed E-state index contributed by atoms with van der Waals surface area (Å²) in [6.07, 6.45) is 26.2. The first kappa shape index (κ1) is 27.9. The van der Waals surface area contributed by atoms with E-state index >= 15 is 0 Å². The summed E-state index contributed by atoms with van der Waals surface area (Å²) >= 11 is 0. The van der Waals surface area contributed by atoms with Crippen molar-refractivity contribution in [3.63, 3.8) is 0 Å². The first-order valence-corrected chi connectivity index (χ1v) is 13.9. The third-order valence-corrected chi connectivity index (χ3v) is 6.58. The second-order valence-electron chi connectivity index (χ2n) is 9.67. The van der Waals surface area contributed by atoms with Gasteiger partial charge in [0.1, 0.15) is 5.75 Å². The highest BCUT2D eigenvalue weighted by molar-refractivity contribution is 5.27. The number of nitriles is 1. The van der Waals surface area contributed by atoms with Crippen molar-refractivity contribution in [3.8, 4) is 11.8 Å². The number of hydrogen-bond acceptors (Lipinski definition) is 2. The fourth-order valence-corrected chi connectivity index (χ4v) is 4.38. The molecule has 1 aromatic heterocycles. The van der Waals surface area contributed by atoms with Crippen molar-refractivity contribution in [3.05, 3.63) is 59.9 Å². The van der Waals surface area contributed by atoms with Gasteiger partial charge in [0.25, 0.3) is 0 Å². The molecule has 34 heavy (non-hydrogen) atoms. The molecule has 186 valence electrons. The number of ether oxygens (including phenoxy) is 1. The molecule has 0 spiro atoms. The Balaban J connectivity index is 1.38. The molecule has 0 radical (unpaired) electrons. The molecule has 0 fully saturated rings. The molecular weight excluding hydrogens is 416 g/mol. The summed E-state index contributed by atoms with van der Waals surface area (Å²) in [4.78, 5) is 0. The molecule has 2 rings (SSSR count). The molecular formula is C31H47N2O+. The van der Waals surface area contributed by atoms with Crippen LogP contribution in [0.4, 0.5) is 0 Å². The van der Waals surface area contributed by atoms with E-state index in [9.17, 15) is 0 Å². The van der Waals surface area contributed by atoms with E-state index in [1.807, 2.05) is 24.5 Å². The summed E-state index contributed by atoms with van der Waals surface area (Å²) in [5.74, 6) is 0.953. The summed E-state index contributed by atoms with van der Waals surface area (Å²) in [5.41, 5.74) is 1.92. The molecule has 1 aromatic carbocycles. The Kier molecular flexibility index (Phi) is 15.6. The quantitative estimate of drug-likeness (QED) is 0.146. The Bertz CT molecular complexity index is 777. The van der Waals surface area contributed by atoms with Crippen molar-refractivity contribution in [2.45, 2.75) is 116 Å². The summed E-state index contributed by atoms with van der Waals surface area (Å²) in [7, 11) is 0. The van der Waals surface area contributed by atoms with E-state index in [2.05, 4.69) is 41.8 Å². The van der Waals surface area contributed by atoms with Crippen LogP contribution in [0, 0.1) is 11.3 Å². The van der Waals surface area contributed by atoms with E-state index in [-0.39, 0.29) is 0 Å². The van der Waals surface area contributed by atoms with Gasteiger partial charge in [-0.25, -0.2) is 4.57 Å². The standard InChI is InChI=1S/C31H47N2O/c1-2-3-4-5-6-7-8-9-10-11-12-13-14-15-16-17-26-34-31-20-18-30(19-21-31)28-33-24-22-29(27-32)23-25-33/h18-25H,2-17,26,28H2,1H3/q+1. The van der Waals surface area contributed by atoms with Crippen LogP contribution >= 0.6 is 0 Å². The minimum absolute atomic E-state index is 0.689. The maximum atomic E-state index is 8.89. The maximum Gasteiger partial charge on any atom is 0.173 e. The van der Waals surface area contributed by atoms with E-state index in [1.165, 1.54) is 102 Å². The lowest BCUT2D eigenvalue weighted by Gasteiger charge is -2.07. The highest BCUT2D eigenvalue weighted by Crippen LogP contribution is 2.15. The molecule has 1 heterocycles. The lowest BCUT2D eigenvalue weighted by molar-refractivity contribution is -0.688. The highest BCUT2D eigenvalue weighted by atomic mass is 16.5. The third kappa shape index (κ3) is 13.4. The van der Waals surface area contributed by atoms with Crippen molar-refractivity contribution in [2.75, 3.05) is 6.61 Å². The Morgan fingerprint density at radius 1 is 0.647 bits per heavy atom. The number of hydrogen-bond donors (Lipinski definition) is 0. The molecule has 0 aliphatic carbocycles. The van der Waals surface area contributed by atoms with Gasteiger partial charge >= 0.3 is 0 Å². The van der Waals surface area contributed by atoms with E-state index < -0.39 is 0 Å². The van der Waals surface area contributed by atoms with Gasteiger partial charge < -0.3 is 4.74 Å². The first-order chi connectivity index (χ1) is 16.8. The molecule has 0 saturated heterocycles. The van der Waals surface area contributed by atoms with Crippen molar-refractivity contribution >= 4 is 0 Å². The molecule has 3 nitrogen and oxygen atoms in total. The van der Waals surface area contributed by atoms with Crippen molar-refractivity contribution in [1.82, 2.24) is 0 Å². The summed E-state index contributed by atoms with van der Waals surface area (Å²) in [6, 6.07) is 14.2. The molecule has 2 aromatic rings. The average molecular weight is 464 g/mol. The van der Waals surface area contributed by atoms with Crippen LogP contribution < -0.4 is 9.30 Å². The molecule has 0 saturated carbocycles. The SMILES string of the molecule is CCCCCCCCCCCCCCCCCCOc1ccc(C[n+]2ccc(C#N)cc2)cc1. The minimum atomic E-state index is 0.689. The predicted molar refractivity (Wildman–Crippen MR) is 142 cm³/mol. The molecule has 3 heteroatoms. The number of nitrogens with zero attached hydrogens (tertiary/aromatic N) is 2. The van der Waals surface area contributed by atoms with Crippen LogP contribution in [-0.2, 0) is 6.54 Å². The zero-order chi connectivity index (χ0) is 24.1.